The third kappa shape index (κ3) is 5.64. The van der Waals surface area contributed by atoms with E-state index in [1.165, 1.54) is 18.4 Å². The average molecular weight is 226 g/mol. The number of ether oxygens (including phenoxy) is 1. The van der Waals surface area contributed by atoms with Gasteiger partial charge in [0.15, 0.2) is 0 Å². The standard InChI is InChI=1S/C13H26N2O/c1-11(2)14-9-12(3)10-15(7-8-16-4)13-5-6-13/h11,13-14H,3,5-10H2,1-2,4H3. The first kappa shape index (κ1) is 13.7. The van der Waals surface area contributed by atoms with Crippen molar-refractivity contribution >= 4 is 0 Å². The van der Waals surface area contributed by atoms with Crippen molar-refractivity contribution in [2.24, 2.45) is 0 Å². The van der Waals surface area contributed by atoms with Gasteiger partial charge in [-0.05, 0) is 18.4 Å². The largest absolute Gasteiger partial charge is 0.383 e. The number of rotatable bonds is 9. The van der Waals surface area contributed by atoms with Gasteiger partial charge in [0.2, 0.25) is 0 Å². The van der Waals surface area contributed by atoms with Crippen molar-refractivity contribution in [1.82, 2.24) is 10.2 Å². The van der Waals surface area contributed by atoms with Crippen LogP contribution in [0.15, 0.2) is 12.2 Å². The zero-order valence-electron chi connectivity index (χ0n) is 11.0. The molecular formula is C13H26N2O. The first-order valence-electron chi connectivity index (χ1n) is 6.26. The van der Waals surface area contributed by atoms with E-state index in [1.54, 1.807) is 7.11 Å². The van der Waals surface area contributed by atoms with E-state index in [0.717, 1.165) is 32.3 Å². The lowest BCUT2D eigenvalue weighted by Crippen LogP contribution is -2.34. The number of nitrogens with one attached hydrogen (secondary N) is 1. The lowest BCUT2D eigenvalue weighted by atomic mass is 10.2. The summed E-state index contributed by atoms with van der Waals surface area (Å²) in [5.74, 6) is 0. The molecule has 0 heterocycles. The number of hydrogen-bond acceptors (Lipinski definition) is 3. The number of hydrogen-bond donors (Lipinski definition) is 1. The molecule has 0 spiro atoms. The number of nitrogens with zero attached hydrogens (tertiary/aromatic N) is 1. The highest BCUT2D eigenvalue weighted by Gasteiger charge is 2.28. The van der Waals surface area contributed by atoms with Gasteiger partial charge in [0.1, 0.15) is 0 Å². The summed E-state index contributed by atoms with van der Waals surface area (Å²) in [5, 5.41) is 3.41. The highest BCUT2D eigenvalue weighted by atomic mass is 16.5. The molecule has 0 unspecified atom stereocenters. The molecule has 0 aromatic heterocycles. The molecule has 94 valence electrons. The minimum absolute atomic E-state index is 0.533. The summed E-state index contributed by atoms with van der Waals surface area (Å²) < 4.78 is 5.14. The summed E-state index contributed by atoms with van der Waals surface area (Å²) in [5.41, 5.74) is 1.27. The van der Waals surface area contributed by atoms with Crippen LogP contribution in [0.25, 0.3) is 0 Å². The van der Waals surface area contributed by atoms with Gasteiger partial charge in [-0.1, -0.05) is 20.4 Å². The molecule has 0 aromatic carbocycles. The molecular weight excluding hydrogens is 200 g/mol. The molecule has 0 aliphatic heterocycles. The van der Waals surface area contributed by atoms with Crippen molar-refractivity contribution in [2.75, 3.05) is 33.4 Å². The van der Waals surface area contributed by atoms with E-state index in [1.807, 2.05) is 0 Å². The Morgan fingerprint density at radius 1 is 1.50 bits per heavy atom. The zero-order chi connectivity index (χ0) is 12.0. The maximum atomic E-state index is 5.14. The third-order valence-corrected chi connectivity index (χ3v) is 2.83. The van der Waals surface area contributed by atoms with Gasteiger partial charge < -0.3 is 10.1 Å². The Morgan fingerprint density at radius 2 is 2.19 bits per heavy atom. The van der Waals surface area contributed by atoms with E-state index >= 15 is 0 Å². The topological polar surface area (TPSA) is 24.5 Å². The summed E-state index contributed by atoms with van der Waals surface area (Å²) in [6, 6.07) is 1.32. The van der Waals surface area contributed by atoms with Crippen molar-refractivity contribution in [3.63, 3.8) is 0 Å². The number of methoxy groups -OCH3 is 1. The van der Waals surface area contributed by atoms with Gasteiger partial charge in [-0.15, -0.1) is 0 Å². The fourth-order valence-electron chi connectivity index (χ4n) is 1.73. The Balaban J connectivity index is 2.22. The molecule has 1 N–H and O–H groups in total. The van der Waals surface area contributed by atoms with Crippen molar-refractivity contribution < 1.29 is 4.74 Å². The molecule has 1 rings (SSSR count). The molecule has 0 saturated heterocycles. The van der Waals surface area contributed by atoms with Crippen LogP contribution in [0.3, 0.4) is 0 Å². The Kier molecular flexibility index (Phi) is 6.03. The van der Waals surface area contributed by atoms with Crippen LogP contribution in [-0.2, 0) is 4.74 Å². The molecule has 1 aliphatic rings. The first-order chi connectivity index (χ1) is 7.63. The molecule has 3 heteroatoms. The van der Waals surface area contributed by atoms with Crippen LogP contribution >= 0.6 is 0 Å². The molecule has 0 atom stereocenters. The van der Waals surface area contributed by atoms with E-state index in [-0.39, 0.29) is 0 Å². The fraction of sp³-hybridized carbons (Fsp3) is 0.846. The monoisotopic (exact) mass is 226 g/mol. The second-order valence-electron chi connectivity index (χ2n) is 4.98. The highest BCUT2D eigenvalue weighted by molar-refractivity contribution is 5.02. The maximum absolute atomic E-state index is 5.14. The van der Waals surface area contributed by atoms with E-state index in [4.69, 9.17) is 4.74 Å². The molecule has 3 nitrogen and oxygen atoms in total. The Morgan fingerprint density at radius 3 is 2.69 bits per heavy atom. The summed E-state index contributed by atoms with van der Waals surface area (Å²) in [6.45, 7) is 12.2. The van der Waals surface area contributed by atoms with Crippen molar-refractivity contribution in [2.45, 2.75) is 38.8 Å². The van der Waals surface area contributed by atoms with E-state index in [2.05, 4.69) is 30.6 Å². The summed E-state index contributed by atoms with van der Waals surface area (Å²) in [4.78, 5) is 2.49. The quantitative estimate of drug-likeness (QED) is 0.605. The Hall–Kier alpha value is -0.380. The van der Waals surface area contributed by atoms with E-state index in [0.29, 0.717) is 6.04 Å². The summed E-state index contributed by atoms with van der Waals surface area (Å²) in [7, 11) is 1.76. The normalized spacial score (nSPS) is 16.1. The van der Waals surface area contributed by atoms with Crippen molar-refractivity contribution in [1.29, 1.82) is 0 Å². The molecule has 0 aromatic rings. The lowest BCUT2D eigenvalue weighted by Gasteiger charge is -2.23. The van der Waals surface area contributed by atoms with Gasteiger partial charge in [-0.2, -0.15) is 0 Å². The minimum atomic E-state index is 0.533. The molecule has 1 aliphatic carbocycles. The predicted octanol–water partition coefficient (Wildman–Crippen LogP) is 1.65. The smallest absolute Gasteiger partial charge is 0.0589 e. The third-order valence-electron chi connectivity index (χ3n) is 2.83. The molecule has 1 saturated carbocycles. The highest BCUT2D eigenvalue weighted by Crippen LogP contribution is 2.26. The van der Waals surface area contributed by atoms with Crippen LogP contribution in [0.4, 0.5) is 0 Å². The summed E-state index contributed by atoms with van der Waals surface area (Å²) >= 11 is 0. The molecule has 0 radical (unpaired) electrons. The van der Waals surface area contributed by atoms with Gasteiger partial charge in [-0.3, -0.25) is 4.90 Å². The molecule has 16 heavy (non-hydrogen) atoms. The Labute approximate surface area is 99.8 Å². The molecule has 0 amide bonds. The van der Waals surface area contributed by atoms with Gasteiger partial charge in [0.25, 0.3) is 0 Å². The van der Waals surface area contributed by atoms with Crippen molar-refractivity contribution in [3.8, 4) is 0 Å². The van der Waals surface area contributed by atoms with Crippen LogP contribution in [0.2, 0.25) is 0 Å². The van der Waals surface area contributed by atoms with Gasteiger partial charge >= 0.3 is 0 Å². The fourth-order valence-corrected chi connectivity index (χ4v) is 1.73. The zero-order valence-corrected chi connectivity index (χ0v) is 11.0. The molecule has 0 bridgehead atoms. The molecule has 1 fully saturated rings. The van der Waals surface area contributed by atoms with E-state index < -0.39 is 0 Å². The van der Waals surface area contributed by atoms with Gasteiger partial charge in [-0.25, -0.2) is 0 Å². The Bertz CT molecular complexity index is 212. The first-order valence-corrected chi connectivity index (χ1v) is 6.26. The van der Waals surface area contributed by atoms with Crippen LogP contribution < -0.4 is 5.32 Å². The van der Waals surface area contributed by atoms with Crippen LogP contribution in [0.5, 0.6) is 0 Å². The van der Waals surface area contributed by atoms with Crippen molar-refractivity contribution in [3.05, 3.63) is 12.2 Å². The van der Waals surface area contributed by atoms with E-state index in [9.17, 15) is 0 Å². The van der Waals surface area contributed by atoms with Crippen LogP contribution in [0, 0.1) is 0 Å². The SMILES string of the molecule is C=C(CNC(C)C)CN(CCOC)C1CC1. The second-order valence-corrected chi connectivity index (χ2v) is 4.98. The van der Waals surface area contributed by atoms with Crippen LogP contribution in [0.1, 0.15) is 26.7 Å². The predicted molar refractivity (Wildman–Crippen MR) is 68.7 cm³/mol. The maximum Gasteiger partial charge on any atom is 0.0589 e. The van der Waals surface area contributed by atoms with Crippen LogP contribution in [-0.4, -0.2) is 50.3 Å². The summed E-state index contributed by atoms with van der Waals surface area (Å²) in [6.07, 6.45) is 2.68. The average Bonchev–Trinajstić information content (AvgIpc) is 3.05. The van der Waals surface area contributed by atoms with Gasteiger partial charge in [0.05, 0.1) is 6.61 Å². The second kappa shape index (κ2) is 7.05. The lowest BCUT2D eigenvalue weighted by molar-refractivity contribution is 0.149. The minimum Gasteiger partial charge on any atom is -0.383 e. The van der Waals surface area contributed by atoms with Gasteiger partial charge in [0, 0.05) is 38.8 Å².